The van der Waals surface area contributed by atoms with Gasteiger partial charge in [0.15, 0.2) is 9.84 Å². The van der Waals surface area contributed by atoms with Crippen molar-refractivity contribution in [3.8, 4) is 0 Å². The molecule has 0 spiro atoms. The zero-order valence-corrected chi connectivity index (χ0v) is 14.0. The lowest BCUT2D eigenvalue weighted by molar-refractivity contribution is -0.134. The normalized spacial score (nSPS) is 18.4. The Morgan fingerprint density at radius 3 is 2.55 bits per heavy atom. The number of benzene rings is 1. The third-order valence-corrected chi connectivity index (χ3v) is 5.82. The van der Waals surface area contributed by atoms with Gasteiger partial charge in [-0.2, -0.15) is 0 Å². The van der Waals surface area contributed by atoms with Crippen molar-refractivity contribution in [3.05, 3.63) is 29.8 Å². The molecule has 1 aliphatic rings. The monoisotopic (exact) mass is 324 g/mol. The van der Waals surface area contributed by atoms with Crippen molar-refractivity contribution in [2.45, 2.75) is 25.2 Å². The number of nitrogens with one attached hydrogen (secondary N) is 1. The molecule has 1 heterocycles. The molecule has 1 N–H and O–H groups in total. The summed E-state index contributed by atoms with van der Waals surface area (Å²) in [4.78, 5) is 14.3. The van der Waals surface area contributed by atoms with Gasteiger partial charge in [-0.15, -0.1) is 0 Å². The molecule has 1 saturated heterocycles. The van der Waals surface area contributed by atoms with Gasteiger partial charge in [0.25, 0.3) is 0 Å². The fraction of sp³-hybridized carbons (Fsp3) is 0.562. The fourth-order valence-corrected chi connectivity index (χ4v) is 3.89. The summed E-state index contributed by atoms with van der Waals surface area (Å²) in [6.45, 7) is 6.15. The van der Waals surface area contributed by atoms with Crippen LogP contribution in [0.2, 0.25) is 0 Å². The van der Waals surface area contributed by atoms with Crippen LogP contribution in [-0.4, -0.2) is 51.2 Å². The first kappa shape index (κ1) is 17.0. The van der Waals surface area contributed by atoms with E-state index < -0.39 is 9.84 Å². The van der Waals surface area contributed by atoms with Gasteiger partial charge in [0.05, 0.1) is 16.6 Å². The first-order valence-corrected chi connectivity index (χ1v) is 9.38. The van der Waals surface area contributed by atoms with Gasteiger partial charge in [0.1, 0.15) is 0 Å². The van der Waals surface area contributed by atoms with Gasteiger partial charge in [-0.1, -0.05) is 17.7 Å². The summed E-state index contributed by atoms with van der Waals surface area (Å²) in [6.07, 6.45) is 0.833. The van der Waals surface area contributed by atoms with Crippen LogP contribution in [0.4, 0.5) is 0 Å². The smallest absolute Gasteiger partial charge is 0.227 e. The number of hydrogen-bond donors (Lipinski definition) is 1. The van der Waals surface area contributed by atoms with Gasteiger partial charge in [-0.3, -0.25) is 4.79 Å². The Bertz CT molecular complexity index is 605. The molecule has 0 radical (unpaired) electrons. The predicted octanol–water partition coefficient (Wildman–Crippen LogP) is 1.23. The lowest BCUT2D eigenvalue weighted by atomic mass is 10.1. The quantitative estimate of drug-likeness (QED) is 0.854. The Labute approximate surface area is 132 Å². The summed E-state index contributed by atoms with van der Waals surface area (Å²) in [6, 6.07) is 6.84. The van der Waals surface area contributed by atoms with Crippen LogP contribution in [0.5, 0.6) is 0 Å². The van der Waals surface area contributed by atoms with Gasteiger partial charge in [-0.05, 0) is 38.9 Å². The van der Waals surface area contributed by atoms with Crippen molar-refractivity contribution in [1.82, 2.24) is 10.2 Å². The van der Waals surface area contributed by atoms with Gasteiger partial charge >= 0.3 is 0 Å². The number of rotatable bonds is 6. The standard InChI is InChI=1S/C16H24N2O3S/c1-3-18(16(19)14-8-9-17-12-14)10-11-22(20,21)15-6-4-13(2)5-7-15/h4-7,14,17H,3,8-12H2,1-2H3/t14-/m0/s1. The molecule has 0 bridgehead atoms. The zero-order chi connectivity index (χ0) is 16.2. The minimum atomic E-state index is -3.35. The van der Waals surface area contributed by atoms with E-state index in [4.69, 9.17) is 0 Å². The first-order valence-electron chi connectivity index (χ1n) is 7.73. The van der Waals surface area contributed by atoms with Gasteiger partial charge in [0, 0.05) is 19.6 Å². The number of amides is 1. The largest absolute Gasteiger partial charge is 0.342 e. The molecular formula is C16H24N2O3S. The van der Waals surface area contributed by atoms with E-state index in [1.165, 1.54) is 0 Å². The lowest BCUT2D eigenvalue weighted by Gasteiger charge is -2.23. The molecule has 1 amide bonds. The maximum atomic E-state index is 12.4. The molecule has 0 aromatic heterocycles. The molecule has 6 heteroatoms. The number of carbonyl (C=O) groups is 1. The predicted molar refractivity (Wildman–Crippen MR) is 86.5 cm³/mol. The Morgan fingerprint density at radius 1 is 1.32 bits per heavy atom. The van der Waals surface area contributed by atoms with Crippen LogP contribution in [0, 0.1) is 12.8 Å². The Hall–Kier alpha value is -1.40. The summed E-state index contributed by atoms with van der Waals surface area (Å²) in [5.41, 5.74) is 1.03. The van der Waals surface area contributed by atoms with E-state index in [0.29, 0.717) is 18.0 Å². The second-order valence-electron chi connectivity index (χ2n) is 5.74. The average molecular weight is 324 g/mol. The molecule has 5 nitrogen and oxygen atoms in total. The Kier molecular flexibility index (Phi) is 5.58. The number of hydrogen-bond acceptors (Lipinski definition) is 4. The maximum absolute atomic E-state index is 12.4. The van der Waals surface area contributed by atoms with Gasteiger partial charge < -0.3 is 10.2 Å². The van der Waals surface area contributed by atoms with Crippen LogP contribution >= 0.6 is 0 Å². The van der Waals surface area contributed by atoms with Gasteiger partial charge in [-0.25, -0.2) is 8.42 Å². The Morgan fingerprint density at radius 2 is 2.00 bits per heavy atom. The van der Waals surface area contributed by atoms with Crippen LogP contribution in [0.1, 0.15) is 18.9 Å². The Balaban J connectivity index is 1.99. The van der Waals surface area contributed by atoms with E-state index in [1.54, 1.807) is 29.2 Å². The van der Waals surface area contributed by atoms with Crippen molar-refractivity contribution >= 4 is 15.7 Å². The highest BCUT2D eigenvalue weighted by Crippen LogP contribution is 2.15. The van der Waals surface area contributed by atoms with Crippen molar-refractivity contribution in [2.24, 2.45) is 5.92 Å². The summed E-state index contributed by atoms with van der Waals surface area (Å²) in [5.74, 6) is 0.0177. The summed E-state index contributed by atoms with van der Waals surface area (Å²) < 4.78 is 24.7. The molecular weight excluding hydrogens is 300 g/mol. The molecule has 1 atom stereocenters. The minimum Gasteiger partial charge on any atom is -0.342 e. The van der Waals surface area contributed by atoms with Crippen molar-refractivity contribution in [3.63, 3.8) is 0 Å². The van der Waals surface area contributed by atoms with Crippen LogP contribution in [-0.2, 0) is 14.6 Å². The second kappa shape index (κ2) is 7.24. The molecule has 1 aliphatic heterocycles. The van der Waals surface area contributed by atoms with E-state index >= 15 is 0 Å². The topological polar surface area (TPSA) is 66.5 Å². The van der Waals surface area contributed by atoms with E-state index in [0.717, 1.165) is 18.5 Å². The van der Waals surface area contributed by atoms with Crippen LogP contribution in [0.15, 0.2) is 29.2 Å². The summed E-state index contributed by atoms with van der Waals surface area (Å²) >= 11 is 0. The SMILES string of the molecule is CCN(CCS(=O)(=O)c1ccc(C)cc1)C(=O)[C@H]1CCNC1. The molecule has 1 fully saturated rings. The number of nitrogens with zero attached hydrogens (tertiary/aromatic N) is 1. The van der Waals surface area contributed by atoms with Crippen LogP contribution in [0.3, 0.4) is 0 Å². The average Bonchev–Trinajstić information content (AvgIpc) is 3.02. The van der Waals surface area contributed by atoms with E-state index in [-0.39, 0.29) is 24.1 Å². The molecule has 0 aliphatic carbocycles. The molecule has 0 saturated carbocycles. The van der Waals surface area contributed by atoms with Crippen molar-refractivity contribution < 1.29 is 13.2 Å². The molecule has 1 aromatic rings. The zero-order valence-electron chi connectivity index (χ0n) is 13.2. The lowest BCUT2D eigenvalue weighted by Crippen LogP contribution is -2.39. The summed E-state index contributed by atoms with van der Waals surface area (Å²) in [7, 11) is -3.35. The highest BCUT2D eigenvalue weighted by atomic mass is 32.2. The van der Waals surface area contributed by atoms with Crippen molar-refractivity contribution in [1.29, 1.82) is 0 Å². The van der Waals surface area contributed by atoms with E-state index in [9.17, 15) is 13.2 Å². The molecule has 122 valence electrons. The fourth-order valence-electron chi connectivity index (χ4n) is 2.64. The van der Waals surface area contributed by atoms with E-state index in [2.05, 4.69) is 5.32 Å². The number of carbonyl (C=O) groups excluding carboxylic acids is 1. The third kappa shape index (κ3) is 4.08. The third-order valence-electron chi connectivity index (χ3n) is 4.11. The molecule has 2 rings (SSSR count). The summed E-state index contributed by atoms with van der Waals surface area (Å²) in [5, 5.41) is 3.17. The van der Waals surface area contributed by atoms with E-state index in [1.807, 2.05) is 13.8 Å². The minimum absolute atomic E-state index is 0.0120. The molecule has 1 aromatic carbocycles. The van der Waals surface area contributed by atoms with Crippen LogP contribution < -0.4 is 5.32 Å². The second-order valence-corrected chi connectivity index (χ2v) is 7.85. The number of sulfone groups is 1. The number of aryl methyl sites for hydroxylation is 1. The molecule has 0 unspecified atom stereocenters. The highest BCUT2D eigenvalue weighted by Gasteiger charge is 2.27. The van der Waals surface area contributed by atoms with Crippen molar-refractivity contribution in [2.75, 3.05) is 31.9 Å². The van der Waals surface area contributed by atoms with Gasteiger partial charge in [0.2, 0.25) is 5.91 Å². The molecule has 22 heavy (non-hydrogen) atoms. The van der Waals surface area contributed by atoms with Crippen LogP contribution in [0.25, 0.3) is 0 Å². The first-order chi connectivity index (χ1) is 10.4. The highest BCUT2D eigenvalue weighted by molar-refractivity contribution is 7.91. The maximum Gasteiger partial charge on any atom is 0.227 e.